The van der Waals surface area contributed by atoms with Crippen molar-refractivity contribution in [3.05, 3.63) is 23.4 Å². The SMILES string of the molecule is COCC1CCN(c2nccc(C)c2CN)CC1. The zero-order valence-electron chi connectivity index (χ0n) is 11.4. The third kappa shape index (κ3) is 2.82. The molecule has 0 aromatic carbocycles. The highest BCUT2D eigenvalue weighted by atomic mass is 16.5. The number of hydrogen-bond acceptors (Lipinski definition) is 4. The monoisotopic (exact) mass is 249 g/mol. The quantitative estimate of drug-likeness (QED) is 0.882. The predicted octanol–water partition coefficient (Wildman–Crippen LogP) is 1.71. The molecule has 0 aliphatic carbocycles. The fourth-order valence-electron chi connectivity index (χ4n) is 2.65. The summed E-state index contributed by atoms with van der Waals surface area (Å²) >= 11 is 0. The van der Waals surface area contributed by atoms with Crippen LogP contribution in [0.25, 0.3) is 0 Å². The molecule has 0 bridgehead atoms. The van der Waals surface area contributed by atoms with E-state index in [1.54, 1.807) is 7.11 Å². The molecule has 1 fully saturated rings. The van der Waals surface area contributed by atoms with E-state index in [1.165, 1.54) is 24.0 Å². The summed E-state index contributed by atoms with van der Waals surface area (Å²) < 4.78 is 5.23. The topological polar surface area (TPSA) is 51.4 Å². The van der Waals surface area contributed by atoms with Gasteiger partial charge in [-0.05, 0) is 37.3 Å². The Morgan fingerprint density at radius 3 is 2.78 bits per heavy atom. The van der Waals surface area contributed by atoms with Crippen LogP contribution in [-0.4, -0.2) is 31.8 Å². The molecule has 0 unspecified atom stereocenters. The lowest BCUT2D eigenvalue weighted by atomic mass is 9.97. The van der Waals surface area contributed by atoms with Gasteiger partial charge in [0.1, 0.15) is 5.82 Å². The predicted molar refractivity (Wildman–Crippen MR) is 73.7 cm³/mol. The molecule has 1 aliphatic rings. The zero-order valence-corrected chi connectivity index (χ0v) is 11.4. The second kappa shape index (κ2) is 6.16. The molecule has 0 atom stereocenters. The number of pyridine rings is 1. The Labute approximate surface area is 109 Å². The van der Waals surface area contributed by atoms with E-state index in [0.29, 0.717) is 12.5 Å². The highest BCUT2D eigenvalue weighted by Gasteiger charge is 2.21. The minimum absolute atomic E-state index is 0.563. The van der Waals surface area contributed by atoms with Crippen molar-refractivity contribution in [2.24, 2.45) is 11.7 Å². The minimum atomic E-state index is 0.563. The third-order valence-electron chi connectivity index (χ3n) is 3.79. The molecule has 1 saturated heterocycles. The van der Waals surface area contributed by atoms with Gasteiger partial charge < -0.3 is 15.4 Å². The Morgan fingerprint density at radius 1 is 1.44 bits per heavy atom. The maximum Gasteiger partial charge on any atom is 0.133 e. The largest absolute Gasteiger partial charge is 0.384 e. The smallest absolute Gasteiger partial charge is 0.133 e. The van der Waals surface area contributed by atoms with Crippen LogP contribution in [0.2, 0.25) is 0 Å². The number of nitrogens with two attached hydrogens (primary N) is 1. The van der Waals surface area contributed by atoms with Crippen molar-refractivity contribution in [3.8, 4) is 0 Å². The lowest BCUT2D eigenvalue weighted by molar-refractivity contribution is 0.139. The summed E-state index contributed by atoms with van der Waals surface area (Å²) in [6.07, 6.45) is 4.23. The van der Waals surface area contributed by atoms with Gasteiger partial charge in [-0.3, -0.25) is 0 Å². The van der Waals surface area contributed by atoms with Gasteiger partial charge in [-0.1, -0.05) is 0 Å². The van der Waals surface area contributed by atoms with Crippen LogP contribution >= 0.6 is 0 Å². The molecule has 1 aromatic heterocycles. The van der Waals surface area contributed by atoms with Gasteiger partial charge >= 0.3 is 0 Å². The van der Waals surface area contributed by atoms with Crippen LogP contribution in [0, 0.1) is 12.8 Å². The Bertz CT molecular complexity index is 387. The summed E-state index contributed by atoms with van der Waals surface area (Å²) in [7, 11) is 1.78. The maximum atomic E-state index is 5.85. The van der Waals surface area contributed by atoms with Gasteiger partial charge in [0.2, 0.25) is 0 Å². The van der Waals surface area contributed by atoms with Crippen molar-refractivity contribution in [1.29, 1.82) is 0 Å². The summed E-state index contributed by atoms with van der Waals surface area (Å²) in [4.78, 5) is 6.88. The first-order chi connectivity index (χ1) is 8.76. The Morgan fingerprint density at radius 2 is 2.17 bits per heavy atom. The molecule has 2 rings (SSSR count). The molecule has 1 aromatic rings. The molecule has 4 heteroatoms. The molecule has 4 nitrogen and oxygen atoms in total. The normalized spacial score (nSPS) is 17.2. The van der Waals surface area contributed by atoms with Crippen LogP contribution < -0.4 is 10.6 Å². The fourth-order valence-corrected chi connectivity index (χ4v) is 2.65. The standard InChI is InChI=1S/C14H23N3O/c1-11-3-6-16-14(13(11)9-15)17-7-4-12(5-8-17)10-18-2/h3,6,12H,4-5,7-10,15H2,1-2H3. The van der Waals surface area contributed by atoms with Crippen LogP contribution in [0.4, 0.5) is 5.82 Å². The second-order valence-corrected chi connectivity index (χ2v) is 5.02. The number of rotatable bonds is 4. The first kappa shape index (κ1) is 13.3. The van der Waals surface area contributed by atoms with E-state index in [0.717, 1.165) is 25.5 Å². The highest BCUT2D eigenvalue weighted by molar-refractivity contribution is 5.50. The molecule has 100 valence electrons. The Kier molecular flexibility index (Phi) is 4.55. The van der Waals surface area contributed by atoms with E-state index in [-0.39, 0.29) is 0 Å². The molecular formula is C14H23N3O. The fraction of sp³-hybridized carbons (Fsp3) is 0.643. The van der Waals surface area contributed by atoms with Crippen LogP contribution in [0.15, 0.2) is 12.3 Å². The summed E-state index contributed by atoms with van der Waals surface area (Å²) in [5.74, 6) is 1.77. The average molecular weight is 249 g/mol. The first-order valence-electron chi connectivity index (χ1n) is 6.64. The molecular weight excluding hydrogens is 226 g/mol. The lowest BCUT2D eigenvalue weighted by Gasteiger charge is -2.33. The molecule has 0 radical (unpaired) electrons. The van der Waals surface area contributed by atoms with Crippen LogP contribution in [0.3, 0.4) is 0 Å². The maximum absolute atomic E-state index is 5.85. The average Bonchev–Trinajstić information content (AvgIpc) is 2.40. The van der Waals surface area contributed by atoms with Crippen molar-refractivity contribution in [1.82, 2.24) is 4.98 Å². The first-order valence-corrected chi connectivity index (χ1v) is 6.64. The zero-order chi connectivity index (χ0) is 13.0. The molecule has 0 saturated carbocycles. The number of hydrogen-bond donors (Lipinski definition) is 1. The van der Waals surface area contributed by atoms with Crippen LogP contribution in [0.5, 0.6) is 0 Å². The Balaban J connectivity index is 2.07. The van der Waals surface area contributed by atoms with Gasteiger partial charge in [-0.15, -0.1) is 0 Å². The lowest BCUT2D eigenvalue weighted by Crippen LogP contribution is -2.36. The number of piperidine rings is 1. The van der Waals surface area contributed by atoms with Gasteiger partial charge in [0.25, 0.3) is 0 Å². The number of ether oxygens (including phenoxy) is 1. The van der Waals surface area contributed by atoms with E-state index in [4.69, 9.17) is 10.5 Å². The van der Waals surface area contributed by atoms with E-state index >= 15 is 0 Å². The van der Waals surface area contributed by atoms with Crippen molar-refractivity contribution in [2.45, 2.75) is 26.3 Å². The molecule has 18 heavy (non-hydrogen) atoms. The van der Waals surface area contributed by atoms with E-state index < -0.39 is 0 Å². The summed E-state index contributed by atoms with van der Waals surface area (Å²) in [5, 5.41) is 0. The number of methoxy groups -OCH3 is 1. The molecule has 0 spiro atoms. The number of anilines is 1. The summed E-state index contributed by atoms with van der Waals surface area (Å²) in [5.41, 5.74) is 8.27. The third-order valence-corrected chi connectivity index (χ3v) is 3.79. The molecule has 1 aliphatic heterocycles. The van der Waals surface area contributed by atoms with Crippen LogP contribution in [-0.2, 0) is 11.3 Å². The molecule has 2 heterocycles. The number of aromatic nitrogens is 1. The van der Waals surface area contributed by atoms with Gasteiger partial charge in [0, 0.05) is 45.1 Å². The number of nitrogens with zero attached hydrogens (tertiary/aromatic N) is 2. The van der Waals surface area contributed by atoms with Gasteiger partial charge in [0.05, 0.1) is 0 Å². The van der Waals surface area contributed by atoms with Gasteiger partial charge in [-0.25, -0.2) is 4.98 Å². The van der Waals surface area contributed by atoms with Gasteiger partial charge in [-0.2, -0.15) is 0 Å². The van der Waals surface area contributed by atoms with E-state index in [9.17, 15) is 0 Å². The highest BCUT2D eigenvalue weighted by Crippen LogP contribution is 2.26. The minimum Gasteiger partial charge on any atom is -0.384 e. The summed E-state index contributed by atoms with van der Waals surface area (Å²) in [6.45, 7) is 5.64. The van der Waals surface area contributed by atoms with Crippen LogP contribution in [0.1, 0.15) is 24.0 Å². The van der Waals surface area contributed by atoms with Crippen molar-refractivity contribution >= 4 is 5.82 Å². The van der Waals surface area contributed by atoms with Crippen molar-refractivity contribution in [2.75, 3.05) is 31.7 Å². The van der Waals surface area contributed by atoms with Crippen molar-refractivity contribution in [3.63, 3.8) is 0 Å². The second-order valence-electron chi connectivity index (χ2n) is 5.02. The van der Waals surface area contributed by atoms with Crippen molar-refractivity contribution < 1.29 is 4.74 Å². The number of aryl methyl sites for hydroxylation is 1. The van der Waals surface area contributed by atoms with Gasteiger partial charge in [0.15, 0.2) is 0 Å². The Hall–Kier alpha value is -1.13. The summed E-state index contributed by atoms with van der Waals surface area (Å²) in [6, 6.07) is 2.03. The molecule has 2 N–H and O–H groups in total. The van der Waals surface area contributed by atoms with E-state index in [1.807, 2.05) is 12.3 Å². The van der Waals surface area contributed by atoms with E-state index in [2.05, 4.69) is 16.8 Å². The molecule has 0 amide bonds.